The molecule has 4 rings (SSSR count). The van der Waals surface area contributed by atoms with Crippen LogP contribution >= 0.6 is 0 Å². The van der Waals surface area contributed by atoms with E-state index in [1.54, 1.807) is 13.8 Å². The Bertz CT molecular complexity index is 996. The van der Waals surface area contributed by atoms with Gasteiger partial charge in [0, 0.05) is 36.9 Å². The fourth-order valence-electron chi connectivity index (χ4n) is 3.68. The maximum atomic E-state index is 12.8. The van der Waals surface area contributed by atoms with E-state index in [9.17, 15) is 9.59 Å². The molecule has 0 amide bonds. The first kappa shape index (κ1) is 17.3. The van der Waals surface area contributed by atoms with Gasteiger partial charge in [-0.2, -0.15) is 0 Å². The lowest BCUT2D eigenvalue weighted by atomic mass is 9.79. The summed E-state index contributed by atoms with van der Waals surface area (Å²) in [7, 11) is 0. The summed E-state index contributed by atoms with van der Waals surface area (Å²) >= 11 is 0. The molecule has 5 heteroatoms. The number of esters is 2. The van der Waals surface area contributed by atoms with Gasteiger partial charge in [0.25, 0.3) is 5.79 Å². The molecule has 2 heterocycles. The Balaban J connectivity index is 1.88. The Morgan fingerprint density at radius 2 is 1.59 bits per heavy atom. The molecule has 1 fully saturated rings. The maximum Gasteiger partial charge on any atom is 0.324 e. The van der Waals surface area contributed by atoms with Crippen LogP contribution < -0.4 is 0 Å². The Labute approximate surface area is 157 Å². The van der Waals surface area contributed by atoms with Crippen LogP contribution in [0.3, 0.4) is 0 Å². The van der Waals surface area contributed by atoms with Gasteiger partial charge in [0.15, 0.2) is 5.92 Å². The van der Waals surface area contributed by atoms with Crippen molar-refractivity contribution >= 4 is 22.8 Å². The van der Waals surface area contributed by atoms with Crippen LogP contribution in [0.1, 0.15) is 36.5 Å². The van der Waals surface area contributed by atoms with Crippen LogP contribution in [-0.2, 0) is 19.1 Å². The van der Waals surface area contributed by atoms with E-state index in [0.29, 0.717) is 0 Å². The Morgan fingerprint density at radius 3 is 2.26 bits per heavy atom. The monoisotopic (exact) mass is 363 g/mol. The maximum absolute atomic E-state index is 12.8. The molecule has 5 nitrogen and oxygen atoms in total. The fourth-order valence-corrected chi connectivity index (χ4v) is 3.68. The zero-order chi connectivity index (χ0) is 19.2. The molecule has 1 aliphatic heterocycles. The van der Waals surface area contributed by atoms with E-state index in [0.717, 1.165) is 27.6 Å². The molecule has 0 aliphatic carbocycles. The van der Waals surface area contributed by atoms with Crippen molar-refractivity contribution in [3.8, 4) is 0 Å². The molecule has 0 bridgehead atoms. The summed E-state index contributed by atoms with van der Waals surface area (Å²) < 4.78 is 10.8. The number of H-pyrrole nitrogens is 1. The van der Waals surface area contributed by atoms with Gasteiger partial charge in [0.05, 0.1) is 0 Å². The first-order chi connectivity index (χ1) is 12.9. The molecular formula is C22H21NO4. The number of nitrogens with one attached hydrogen (secondary N) is 1. The summed E-state index contributed by atoms with van der Waals surface area (Å²) in [4.78, 5) is 28.8. The number of ether oxygens (including phenoxy) is 2. The van der Waals surface area contributed by atoms with Crippen LogP contribution in [0.4, 0.5) is 0 Å². The largest absolute Gasteiger partial charge is 0.422 e. The topological polar surface area (TPSA) is 68.4 Å². The molecule has 2 aromatic carbocycles. The first-order valence-corrected chi connectivity index (χ1v) is 8.94. The van der Waals surface area contributed by atoms with E-state index in [2.05, 4.69) is 4.98 Å². The molecule has 1 aliphatic rings. The zero-order valence-corrected chi connectivity index (χ0v) is 15.5. The second-order valence-corrected chi connectivity index (χ2v) is 7.40. The highest BCUT2D eigenvalue weighted by Gasteiger charge is 2.48. The predicted molar refractivity (Wildman–Crippen MR) is 101 cm³/mol. The number of rotatable bonds is 3. The molecule has 0 radical (unpaired) electrons. The molecular weight excluding hydrogens is 342 g/mol. The van der Waals surface area contributed by atoms with Crippen LogP contribution in [0.25, 0.3) is 10.9 Å². The van der Waals surface area contributed by atoms with Gasteiger partial charge < -0.3 is 14.5 Å². The first-order valence-electron chi connectivity index (χ1n) is 8.94. The Kier molecular flexibility index (Phi) is 4.02. The highest BCUT2D eigenvalue weighted by molar-refractivity contribution is 5.99. The third-order valence-corrected chi connectivity index (χ3v) is 4.93. The van der Waals surface area contributed by atoms with Gasteiger partial charge in [-0.25, -0.2) is 0 Å². The molecule has 1 N–H and O–H groups in total. The normalized spacial score (nSPS) is 18.2. The average molecular weight is 363 g/mol. The number of cyclic esters (lactones) is 2. The van der Waals surface area contributed by atoms with Crippen molar-refractivity contribution < 1.29 is 19.1 Å². The van der Waals surface area contributed by atoms with Gasteiger partial charge in [0.2, 0.25) is 0 Å². The number of carbonyl (C=O) groups excluding carboxylic acids is 2. The number of aromatic amines is 1. The van der Waals surface area contributed by atoms with Crippen LogP contribution in [0, 0.1) is 12.8 Å². The lowest BCUT2D eigenvalue weighted by Gasteiger charge is -2.36. The number of hydrogen-bond acceptors (Lipinski definition) is 4. The molecule has 3 aromatic rings. The van der Waals surface area contributed by atoms with E-state index >= 15 is 0 Å². The van der Waals surface area contributed by atoms with Crippen molar-refractivity contribution in [3.05, 3.63) is 71.4 Å². The molecule has 0 saturated carbocycles. The van der Waals surface area contributed by atoms with Gasteiger partial charge >= 0.3 is 11.9 Å². The average Bonchev–Trinajstić information content (AvgIpc) is 3.02. The minimum atomic E-state index is -1.25. The van der Waals surface area contributed by atoms with Crippen molar-refractivity contribution in [1.29, 1.82) is 0 Å². The number of carbonyl (C=O) groups is 2. The standard InChI is InChI=1S/C22H21NO4/c1-13-8-10-14(11-9-13)18(16-12-23-17-7-5-4-6-15(16)17)19-20(24)26-22(2,3)27-21(19)25/h4-12,18-19,23H,1-3H3. The summed E-state index contributed by atoms with van der Waals surface area (Å²) in [6, 6.07) is 15.7. The number of fused-ring (bicyclic) bond motifs is 1. The summed E-state index contributed by atoms with van der Waals surface area (Å²) in [5, 5.41) is 0.966. The van der Waals surface area contributed by atoms with Crippen LogP contribution in [0.2, 0.25) is 0 Å². The molecule has 1 saturated heterocycles. The van der Waals surface area contributed by atoms with Gasteiger partial charge in [-0.1, -0.05) is 48.0 Å². The van der Waals surface area contributed by atoms with E-state index in [-0.39, 0.29) is 0 Å². The number of hydrogen-bond donors (Lipinski definition) is 1. The van der Waals surface area contributed by atoms with E-state index in [1.807, 2.05) is 61.7 Å². The number of benzene rings is 2. The minimum absolute atomic E-state index is 0.502. The summed E-state index contributed by atoms with van der Waals surface area (Å²) in [6.45, 7) is 5.12. The quantitative estimate of drug-likeness (QED) is 0.563. The second kappa shape index (κ2) is 6.27. The third-order valence-electron chi connectivity index (χ3n) is 4.93. The molecule has 0 spiro atoms. The molecule has 1 aromatic heterocycles. The van der Waals surface area contributed by atoms with Gasteiger partial charge in [-0.15, -0.1) is 0 Å². The predicted octanol–water partition coefficient (Wildman–Crippen LogP) is 4.06. The second-order valence-electron chi connectivity index (χ2n) is 7.40. The van der Waals surface area contributed by atoms with Crippen LogP contribution in [0.15, 0.2) is 54.7 Å². The van der Waals surface area contributed by atoms with Crippen molar-refractivity contribution in [2.75, 3.05) is 0 Å². The smallest absolute Gasteiger partial charge is 0.324 e. The molecule has 1 atom stereocenters. The van der Waals surface area contributed by atoms with Crippen molar-refractivity contribution in [1.82, 2.24) is 4.98 Å². The van der Waals surface area contributed by atoms with Gasteiger partial charge in [-0.05, 0) is 24.1 Å². The van der Waals surface area contributed by atoms with Crippen molar-refractivity contribution in [2.45, 2.75) is 32.5 Å². The molecule has 27 heavy (non-hydrogen) atoms. The van der Waals surface area contributed by atoms with E-state index in [4.69, 9.17) is 9.47 Å². The molecule has 1 unspecified atom stereocenters. The van der Waals surface area contributed by atoms with E-state index in [1.165, 1.54) is 0 Å². The Hall–Kier alpha value is -3.08. The van der Waals surface area contributed by atoms with Crippen LogP contribution in [0.5, 0.6) is 0 Å². The number of aromatic nitrogens is 1. The SMILES string of the molecule is Cc1ccc(C(c2c[nH]c3ccccc23)C2C(=O)OC(C)(C)OC2=O)cc1. The van der Waals surface area contributed by atoms with Crippen molar-refractivity contribution in [3.63, 3.8) is 0 Å². The number of para-hydroxylation sites is 1. The van der Waals surface area contributed by atoms with E-state index < -0.39 is 29.6 Å². The summed E-state index contributed by atoms with van der Waals surface area (Å²) in [5.41, 5.74) is 3.78. The minimum Gasteiger partial charge on any atom is -0.422 e. The third kappa shape index (κ3) is 3.10. The Morgan fingerprint density at radius 1 is 0.963 bits per heavy atom. The fraction of sp³-hybridized carbons (Fsp3) is 0.273. The van der Waals surface area contributed by atoms with Crippen molar-refractivity contribution in [2.24, 2.45) is 5.92 Å². The van der Waals surface area contributed by atoms with Crippen LogP contribution in [-0.4, -0.2) is 22.7 Å². The lowest BCUT2D eigenvalue weighted by molar-refractivity contribution is -0.240. The number of aryl methyl sites for hydroxylation is 1. The summed E-state index contributed by atoms with van der Waals surface area (Å²) in [5.74, 6) is -3.93. The summed E-state index contributed by atoms with van der Waals surface area (Å²) in [6.07, 6.45) is 1.86. The molecule has 138 valence electrons. The highest BCUT2D eigenvalue weighted by Crippen LogP contribution is 2.40. The zero-order valence-electron chi connectivity index (χ0n) is 15.5. The van der Waals surface area contributed by atoms with Gasteiger partial charge in [0.1, 0.15) is 0 Å². The highest BCUT2D eigenvalue weighted by atomic mass is 16.7. The van der Waals surface area contributed by atoms with Gasteiger partial charge in [-0.3, -0.25) is 9.59 Å². The lowest BCUT2D eigenvalue weighted by Crippen LogP contribution is -2.48.